The van der Waals surface area contributed by atoms with Crippen LogP contribution in [-0.4, -0.2) is 62.7 Å². The van der Waals surface area contributed by atoms with Crippen molar-refractivity contribution in [1.82, 2.24) is 15.5 Å². The normalized spacial score (nSPS) is 22.3. The van der Waals surface area contributed by atoms with Gasteiger partial charge < -0.3 is 20.3 Å². The molecule has 19 heavy (non-hydrogen) atoms. The predicted molar refractivity (Wildman–Crippen MR) is 72.7 cm³/mol. The molecule has 6 nitrogen and oxygen atoms in total. The number of rotatable bonds is 7. The molecule has 0 aromatic carbocycles. The van der Waals surface area contributed by atoms with E-state index in [4.69, 9.17) is 4.74 Å². The average Bonchev–Trinajstić information content (AvgIpc) is 2.86. The fourth-order valence-corrected chi connectivity index (χ4v) is 2.29. The largest absolute Gasteiger partial charge is 0.379 e. The van der Waals surface area contributed by atoms with Crippen molar-refractivity contribution in [2.75, 3.05) is 39.9 Å². The highest BCUT2D eigenvalue weighted by Gasteiger charge is 2.36. The lowest BCUT2D eigenvalue weighted by Gasteiger charge is -2.26. The first-order valence-corrected chi connectivity index (χ1v) is 6.94. The number of ether oxygens (including phenoxy) is 1. The number of likely N-dealkylation sites (N-methyl/N-ethyl adjacent to an activating group) is 2. The molecular formula is C13H25N3O3. The van der Waals surface area contributed by atoms with Crippen LogP contribution in [0.5, 0.6) is 0 Å². The van der Waals surface area contributed by atoms with Crippen molar-refractivity contribution < 1.29 is 14.3 Å². The maximum Gasteiger partial charge on any atom is 0.239 e. The molecule has 6 heteroatoms. The van der Waals surface area contributed by atoms with Gasteiger partial charge in [0.05, 0.1) is 25.7 Å². The summed E-state index contributed by atoms with van der Waals surface area (Å²) in [6.07, 6.45) is 0.836. The zero-order valence-electron chi connectivity index (χ0n) is 12.1. The third kappa shape index (κ3) is 4.47. The van der Waals surface area contributed by atoms with Gasteiger partial charge in [-0.2, -0.15) is 0 Å². The van der Waals surface area contributed by atoms with Gasteiger partial charge >= 0.3 is 0 Å². The van der Waals surface area contributed by atoms with Crippen molar-refractivity contribution in [3.8, 4) is 0 Å². The van der Waals surface area contributed by atoms with Crippen molar-refractivity contribution >= 4 is 11.8 Å². The van der Waals surface area contributed by atoms with Gasteiger partial charge in [0.25, 0.3) is 0 Å². The van der Waals surface area contributed by atoms with Crippen LogP contribution in [0.1, 0.15) is 20.3 Å². The van der Waals surface area contributed by atoms with E-state index in [1.165, 1.54) is 0 Å². The van der Waals surface area contributed by atoms with Gasteiger partial charge in [-0.15, -0.1) is 0 Å². The molecule has 1 saturated heterocycles. The molecule has 1 aliphatic rings. The molecule has 0 radical (unpaired) electrons. The zero-order valence-corrected chi connectivity index (χ0v) is 12.1. The first-order chi connectivity index (χ1) is 9.13. The molecule has 0 spiro atoms. The molecule has 0 bridgehead atoms. The Morgan fingerprint density at radius 2 is 2.05 bits per heavy atom. The molecule has 1 fully saturated rings. The molecule has 1 rings (SSSR count). The Morgan fingerprint density at radius 3 is 2.63 bits per heavy atom. The highest BCUT2D eigenvalue weighted by molar-refractivity contribution is 5.86. The fourth-order valence-electron chi connectivity index (χ4n) is 2.29. The molecule has 0 saturated carbocycles. The van der Waals surface area contributed by atoms with Gasteiger partial charge in [-0.05, 0) is 13.0 Å². The van der Waals surface area contributed by atoms with Gasteiger partial charge in [0, 0.05) is 19.6 Å². The van der Waals surface area contributed by atoms with Gasteiger partial charge in [0.1, 0.15) is 0 Å². The minimum atomic E-state index is -0.184. The Balaban J connectivity index is 2.66. The summed E-state index contributed by atoms with van der Waals surface area (Å²) in [5, 5.41) is 5.82. The molecule has 2 atom stereocenters. The SMILES string of the molecule is CCCN(CC(=O)NC)C(=O)C1COCC1NCC. The smallest absolute Gasteiger partial charge is 0.239 e. The summed E-state index contributed by atoms with van der Waals surface area (Å²) < 4.78 is 5.39. The topological polar surface area (TPSA) is 70.7 Å². The summed E-state index contributed by atoms with van der Waals surface area (Å²) >= 11 is 0. The van der Waals surface area contributed by atoms with Crippen LogP contribution in [0.2, 0.25) is 0 Å². The quantitative estimate of drug-likeness (QED) is 0.661. The average molecular weight is 271 g/mol. The van der Waals surface area contributed by atoms with Crippen LogP contribution < -0.4 is 10.6 Å². The standard InChI is InChI=1S/C13H25N3O3/c1-4-6-16(7-12(17)14-3)13(18)10-8-19-9-11(10)15-5-2/h10-11,15H,4-9H2,1-3H3,(H,14,17). The third-order valence-corrected chi connectivity index (χ3v) is 3.28. The molecule has 110 valence electrons. The summed E-state index contributed by atoms with van der Waals surface area (Å²) in [6.45, 7) is 6.53. The minimum Gasteiger partial charge on any atom is -0.379 e. The van der Waals surface area contributed by atoms with Gasteiger partial charge in [0.15, 0.2) is 0 Å². The number of carbonyl (C=O) groups excluding carboxylic acids is 2. The van der Waals surface area contributed by atoms with Crippen LogP contribution in [-0.2, 0) is 14.3 Å². The maximum absolute atomic E-state index is 12.5. The number of hydrogen-bond donors (Lipinski definition) is 2. The van der Waals surface area contributed by atoms with Crippen molar-refractivity contribution in [3.63, 3.8) is 0 Å². The summed E-state index contributed by atoms with van der Waals surface area (Å²) in [6, 6.07) is 0.0570. The summed E-state index contributed by atoms with van der Waals surface area (Å²) in [5.74, 6) is -0.314. The van der Waals surface area contributed by atoms with Crippen LogP contribution in [0, 0.1) is 5.92 Å². The highest BCUT2D eigenvalue weighted by Crippen LogP contribution is 2.17. The summed E-state index contributed by atoms with van der Waals surface area (Å²) in [7, 11) is 1.58. The van der Waals surface area contributed by atoms with Crippen molar-refractivity contribution in [2.24, 2.45) is 5.92 Å². The fraction of sp³-hybridized carbons (Fsp3) is 0.846. The number of nitrogens with one attached hydrogen (secondary N) is 2. The minimum absolute atomic E-state index is 0.00824. The monoisotopic (exact) mass is 271 g/mol. The van der Waals surface area contributed by atoms with E-state index in [9.17, 15) is 9.59 Å². The number of amides is 2. The van der Waals surface area contributed by atoms with E-state index >= 15 is 0 Å². The predicted octanol–water partition coefficient (Wildman–Crippen LogP) is -0.404. The van der Waals surface area contributed by atoms with E-state index in [2.05, 4.69) is 10.6 Å². The number of nitrogens with zero attached hydrogens (tertiary/aromatic N) is 1. The first kappa shape index (κ1) is 15.9. The lowest BCUT2D eigenvalue weighted by molar-refractivity contribution is -0.139. The second-order valence-corrected chi connectivity index (χ2v) is 4.74. The molecule has 0 aliphatic carbocycles. The van der Waals surface area contributed by atoms with E-state index in [1.807, 2.05) is 13.8 Å². The second kappa shape index (κ2) is 8.12. The molecule has 2 unspecified atom stereocenters. The highest BCUT2D eigenvalue weighted by atomic mass is 16.5. The van der Waals surface area contributed by atoms with Crippen LogP contribution in [0.15, 0.2) is 0 Å². The van der Waals surface area contributed by atoms with E-state index in [1.54, 1.807) is 11.9 Å². The van der Waals surface area contributed by atoms with E-state index in [0.717, 1.165) is 13.0 Å². The van der Waals surface area contributed by atoms with Crippen LogP contribution >= 0.6 is 0 Å². The molecule has 2 N–H and O–H groups in total. The van der Waals surface area contributed by atoms with E-state index < -0.39 is 0 Å². The van der Waals surface area contributed by atoms with Gasteiger partial charge in [0.2, 0.25) is 11.8 Å². The third-order valence-electron chi connectivity index (χ3n) is 3.28. The van der Waals surface area contributed by atoms with Crippen LogP contribution in [0.25, 0.3) is 0 Å². The first-order valence-electron chi connectivity index (χ1n) is 6.94. The number of hydrogen-bond acceptors (Lipinski definition) is 4. The van der Waals surface area contributed by atoms with Gasteiger partial charge in [-0.3, -0.25) is 9.59 Å². The van der Waals surface area contributed by atoms with E-state index in [0.29, 0.717) is 19.8 Å². The lowest BCUT2D eigenvalue weighted by atomic mass is 10.0. The van der Waals surface area contributed by atoms with E-state index in [-0.39, 0.29) is 30.3 Å². The molecule has 1 aliphatic heterocycles. The van der Waals surface area contributed by atoms with Crippen molar-refractivity contribution in [2.45, 2.75) is 26.3 Å². The number of carbonyl (C=O) groups is 2. The molecule has 0 aromatic rings. The molecular weight excluding hydrogens is 246 g/mol. The summed E-state index contributed by atoms with van der Waals surface area (Å²) in [5.41, 5.74) is 0. The molecule has 2 amide bonds. The maximum atomic E-state index is 12.5. The van der Waals surface area contributed by atoms with Crippen LogP contribution in [0.4, 0.5) is 0 Å². The lowest BCUT2D eigenvalue weighted by Crippen LogP contribution is -2.48. The Kier molecular flexibility index (Phi) is 6.80. The van der Waals surface area contributed by atoms with Crippen molar-refractivity contribution in [3.05, 3.63) is 0 Å². The molecule has 1 heterocycles. The van der Waals surface area contributed by atoms with Crippen LogP contribution in [0.3, 0.4) is 0 Å². The molecule has 0 aromatic heterocycles. The Morgan fingerprint density at radius 1 is 1.32 bits per heavy atom. The Hall–Kier alpha value is -1.14. The Bertz CT molecular complexity index is 310. The van der Waals surface area contributed by atoms with Gasteiger partial charge in [-0.25, -0.2) is 0 Å². The van der Waals surface area contributed by atoms with Crippen molar-refractivity contribution in [1.29, 1.82) is 0 Å². The second-order valence-electron chi connectivity index (χ2n) is 4.74. The zero-order chi connectivity index (χ0) is 14.3. The summed E-state index contributed by atoms with van der Waals surface area (Å²) in [4.78, 5) is 25.6. The van der Waals surface area contributed by atoms with Gasteiger partial charge in [-0.1, -0.05) is 13.8 Å². The Labute approximate surface area is 114 Å².